The summed E-state index contributed by atoms with van der Waals surface area (Å²) in [6.45, 7) is 0. The number of fused-ring (bicyclic) bond motifs is 26. The van der Waals surface area contributed by atoms with E-state index in [1.165, 1.54) is 54.3 Å². The van der Waals surface area contributed by atoms with Gasteiger partial charge in [0.25, 0.3) is 0 Å². The molecule has 0 amide bonds. The fraction of sp³-hybridized carbons (Fsp3) is 0. The molecule has 0 radical (unpaired) electrons. The fourth-order valence-electron chi connectivity index (χ4n) is 15.6. The third kappa shape index (κ3) is 5.79. The van der Waals surface area contributed by atoms with Crippen molar-refractivity contribution in [2.24, 2.45) is 0 Å². The van der Waals surface area contributed by atoms with Crippen LogP contribution in [0.1, 0.15) is 5.69 Å². The molecule has 0 fully saturated rings. The van der Waals surface area contributed by atoms with E-state index in [1.807, 2.05) is 24.3 Å². The van der Waals surface area contributed by atoms with Crippen molar-refractivity contribution >= 4 is 163 Å². The van der Waals surface area contributed by atoms with Gasteiger partial charge in [-0.1, -0.05) is 170 Å². The molecule has 8 heterocycles. The minimum absolute atomic E-state index is 0.272. The van der Waals surface area contributed by atoms with Gasteiger partial charge in [0.15, 0.2) is 17.3 Å². The van der Waals surface area contributed by atoms with Crippen molar-refractivity contribution in [1.82, 2.24) is 37.9 Å². The average Bonchev–Trinajstić information content (AvgIpc) is 1.53. The molecule has 21 aromatic rings. The minimum Gasteiger partial charge on any atom is -0.308 e. The molecule has 0 unspecified atom stereocenters. The summed E-state index contributed by atoms with van der Waals surface area (Å²) in [6, 6.07) is 91.8. The first-order chi connectivity index (χ1) is 43.6. The second-order valence-corrected chi connectivity index (χ2v) is 23.5. The first-order valence-corrected chi connectivity index (χ1v) is 29.8. The fourth-order valence-corrected chi connectivity index (χ4v) is 15.6. The van der Waals surface area contributed by atoms with E-state index in [4.69, 9.17) is 19.9 Å². The van der Waals surface area contributed by atoms with E-state index in [-0.39, 0.29) is 5.69 Å². The molecule has 13 aromatic carbocycles. The third-order valence-electron chi connectivity index (χ3n) is 19.2. The van der Waals surface area contributed by atoms with Crippen LogP contribution in [-0.2, 0) is 0 Å². The number of aromatic nitrogens is 8. The molecule has 0 N–H and O–H groups in total. The Bertz CT molecular complexity index is 6750. The monoisotopic (exact) mass is 1120 g/mol. The largest absolute Gasteiger partial charge is 0.308 e. The van der Waals surface area contributed by atoms with Gasteiger partial charge in [-0.25, -0.2) is 19.9 Å². The Morgan fingerprint density at radius 1 is 0.273 bits per heavy atom. The topological polar surface area (TPSA) is 94.0 Å². The molecule has 0 aliphatic rings. The van der Waals surface area contributed by atoms with E-state index < -0.39 is 0 Å². The summed E-state index contributed by atoms with van der Waals surface area (Å²) in [4.78, 5) is 21.7. The quantitative estimate of drug-likeness (QED) is 0.175. The summed E-state index contributed by atoms with van der Waals surface area (Å²) in [6.07, 6.45) is 0. The van der Waals surface area contributed by atoms with E-state index in [1.54, 1.807) is 0 Å². The molecule has 0 atom stereocenters. The lowest BCUT2D eigenvalue weighted by Gasteiger charge is -2.15. The molecule has 9 nitrogen and oxygen atoms in total. The number of rotatable bonds is 4. The van der Waals surface area contributed by atoms with Crippen LogP contribution in [0.3, 0.4) is 0 Å². The molecular formula is C79H41N9. The van der Waals surface area contributed by atoms with Crippen LogP contribution < -0.4 is 0 Å². The first-order valence-electron chi connectivity index (χ1n) is 29.8. The number of hydrogen-bond donors (Lipinski definition) is 0. The molecule has 402 valence electrons. The van der Waals surface area contributed by atoms with Gasteiger partial charge in [0, 0.05) is 70.2 Å². The Morgan fingerprint density at radius 3 is 1.36 bits per heavy atom. The Kier molecular flexibility index (Phi) is 8.68. The van der Waals surface area contributed by atoms with Gasteiger partial charge in [-0.3, -0.25) is 9.13 Å². The van der Waals surface area contributed by atoms with Crippen LogP contribution in [0.2, 0.25) is 0 Å². The van der Waals surface area contributed by atoms with E-state index in [0.717, 1.165) is 132 Å². The zero-order valence-corrected chi connectivity index (χ0v) is 46.7. The van der Waals surface area contributed by atoms with Gasteiger partial charge in [-0.15, -0.1) is 0 Å². The molecule has 0 saturated heterocycles. The molecule has 0 saturated carbocycles. The van der Waals surface area contributed by atoms with Crippen molar-refractivity contribution in [2.45, 2.75) is 0 Å². The summed E-state index contributed by atoms with van der Waals surface area (Å²) >= 11 is 0. The van der Waals surface area contributed by atoms with Crippen LogP contribution in [-0.4, -0.2) is 37.9 Å². The lowest BCUT2D eigenvalue weighted by molar-refractivity contribution is 1.06. The molecule has 8 aromatic heterocycles. The van der Waals surface area contributed by atoms with Gasteiger partial charge in [0.05, 0.1) is 77.2 Å². The van der Waals surface area contributed by atoms with Gasteiger partial charge < -0.3 is 8.80 Å². The summed E-state index contributed by atoms with van der Waals surface area (Å²) in [5.74, 6) is 1.29. The summed E-state index contributed by atoms with van der Waals surface area (Å²) in [5, 5.41) is 29.6. The van der Waals surface area contributed by atoms with Gasteiger partial charge in [0.2, 0.25) is 0 Å². The van der Waals surface area contributed by atoms with E-state index in [0.29, 0.717) is 11.3 Å². The third-order valence-corrected chi connectivity index (χ3v) is 19.2. The highest BCUT2D eigenvalue weighted by Crippen LogP contribution is 2.51. The zero-order valence-electron chi connectivity index (χ0n) is 46.7. The molecule has 21 rings (SSSR count). The molecule has 9 heteroatoms. The Morgan fingerprint density at radius 2 is 0.727 bits per heavy atom. The second kappa shape index (κ2) is 16.5. The smallest absolute Gasteiger partial charge is 0.184 e. The number of benzene rings is 13. The number of hydrogen-bond acceptors (Lipinski definition) is 5. The highest BCUT2D eigenvalue weighted by atomic mass is 15.1. The van der Waals surface area contributed by atoms with Gasteiger partial charge >= 0.3 is 0 Å². The normalized spacial score (nSPS) is 12.5. The standard InChI is InChI=1S/C79H41N9/c80-42-62-78(83-59-26-12-11-25-58(59)81-62)87-64-28-14-9-23-51(64)56-41-57-53-38-46(33-35-66(53)86-68-37-32-44-17-5-7-21-49(44)70(68)72(75(57)86)76(56)87)47-30-34-60-61(39-47)82-73(45-18-2-1-3-19-45)79(84-60)88-65-29-15-10-24-52(65)55-40-54-50-22-8-13-27-63(50)85-67-36-31-43-16-4-6-20-48(43)69(67)71(74(54)85)77(55)88/h1-41H. The molecule has 0 spiro atoms. The van der Waals surface area contributed by atoms with E-state index in [2.05, 4.69) is 248 Å². The Labute approximate surface area is 498 Å². The lowest BCUT2D eigenvalue weighted by atomic mass is 9.98. The van der Waals surface area contributed by atoms with Crippen molar-refractivity contribution in [2.75, 3.05) is 0 Å². The lowest BCUT2D eigenvalue weighted by Crippen LogP contribution is -2.04. The van der Waals surface area contributed by atoms with Gasteiger partial charge in [0.1, 0.15) is 11.8 Å². The maximum Gasteiger partial charge on any atom is 0.184 e. The predicted octanol–water partition coefficient (Wildman–Crippen LogP) is 19.6. The second-order valence-electron chi connectivity index (χ2n) is 23.5. The van der Waals surface area contributed by atoms with Crippen molar-refractivity contribution in [3.63, 3.8) is 0 Å². The number of para-hydroxylation sites is 5. The minimum atomic E-state index is 0.272. The van der Waals surface area contributed by atoms with Crippen LogP contribution in [0.5, 0.6) is 0 Å². The Hall–Kier alpha value is -12.3. The molecule has 0 aliphatic carbocycles. The summed E-state index contributed by atoms with van der Waals surface area (Å²) in [5.41, 5.74) is 18.3. The summed E-state index contributed by atoms with van der Waals surface area (Å²) < 4.78 is 9.55. The molecule has 0 bridgehead atoms. The van der Waals surface area contributed by atoms with Crippen molar-refractivity contribution in [1.29, 1.82) is 5.26 Å². The van der Waals surface area contributed by atoms with Crippen LogP contribution in [0, 0.1) is 11.3 Å². The maximum atomic E-state index is 10.8. The van der Waals surface area contributed by atoms with E-state index in [9.17, 15) is 5.26 Å². The van der Waals surface area contributed by atoms with Crippen molar-refractivity contribution in [3.05, 3.63) is 254 Å². The van der Waals surface area contributed by atoms with Crippen LogP contribution >= 0.6 is 0 Å². The average molecular weight is 1120 g/mol. The van der Waals surface area contributed by atoms with Crippen LogP contribution in [0.4, 0.5) is 0 Å². The van der Waals surface area contributed by atoms with Crippen molar-refractivity contribution in [3.8, 4) is 40.1 Å². The van der Waals surface area contributed by atoms with E-state index >= 15 is 0 Å². The maximum absolute atomic E-state index is 10.8. The molecular weight excluding hydrogens is 1070 g/mol. The molecule has 88 heavy (non-hydrogen) atoms. The number of nitrogens with zero attached hydrogens (tertiary/aromatic N) is 9. The van der Waals surface area contributed by atoms with Gasteiger partial charge in [-0.05, 0) is 112 Å². The van der Waals surface area contributed by atoms with Gasteiger partial charge in [-0.2, -0.15) is 5.26 Å². The first kappa shape index (κ1) is 46.2. The number of nitriles is 1. The predicted molar refractivity (Wildman–Crippen MR) is 361 cm³/mol. The zero-order chi connectivity index (χ0) is 57.2. The highest BCUT2D eigenvalue weighted by Gasteiger charge is 2.30. The SMILES string of the molecule is N#Cc1nc2ccccc2nc1-n1c2ccccc2c2cc3c4cc(-c5ccc6nc(-n7c8ccccc8c8cc9c%10ccccc%10n%10c%11ccc%12ccccc%12c%11c(c87)c9%10)c(-c7ccccc7)nc6c5)ccc4n4c5ccc6ccccc6c5c(c21)c34. The van der Waals surface area contributed by atoms with Crippen LogP contribution in [0.15, 0.2) is 249 Å². The van der Waals surface area contributed by atoms with Crippen molar-refractivity contribution < 1.29 is 0 Å². The highest BCUT2D eigenvalue weighted by molar-refractivity contribution is 6.39. The Balaban J connectivity index is 0.823. The summed E-state index contributed by atoms with van der Waals surface area (Å²) in [7, 11) is 0. The molecule has 0 aliphatic heterocycles. The van der Waals surface area contributed by atoms with Crippen LogP contribution in [0.25, 0.3) is 197 Å².